The first-order valence-corrected chi connectivity index (χ1v) is 10.7. The molecule has 1 aliphatic rings. The van der Waals surface area contributed by atoms with Gasteiger partial charge in [-0.15, -0.1) is 0 Å². The highest BCUT2D eigenvalue weighted by Gasteiger charge is 2.22. The van der Waals surface area contributed by atoms with Crippen LogP contribution in [0, 0.1) is 19.8 Å². The minimum Gasteiger partial charge on any atom is -0.339 e. The summed E-state index contributed by atoms with van der Waals surface area (Å²) in [6.45, 7) is 5.54. The lowest BCUT2D eigenvalue weighted by molar-refractivity contribution is -0.148. The summed E-state index contributed by atoms with van der Waals surface area (Å²) in [7, 11) is -1.88. The van der Waals surface area contributed by atoms with Gasteiger partial charge in [0.05, 0.1) is 12.9 Å². The van der Waals surface area contributed by atoms with Crippen LogP contribution in [0.5, 0.6) is 0 Å². The fourth-order valence-corrected chi connectivity index (χ4v) is 4.41. The molecular weight excluding hydrogens is 368 g/mol. The molecule has 1 saturated heterocycles. The molecule has 2 N–H and O–H groups in total. The van der Waals surface area contributed by atoms with E-state index in [1.165, 1.54) is 0 Å². The summed E-state index contributed by atoms with van der Waals surface area (Å²) in [5.41, 5.74) is 3.22. The molecule has 1 aromatic heterocycles. The Bertz CT molecular complexity index is 879. The summed E-state index contributed by atoms with van der Waals surface area (Å²) in [4.78, 5) is 9.78. The van der Waals surface area contributed by atoms with Crippen LogP contribution in [-0.4, -0.2) is 43.8 Å². The highest BCUT2D eigenvalue weighted by atomic mass is 32.2. The molecule has 0 amide bonds. The Labute approximate surface area is 159 Å². The van der Waals surface area contributed by atoms with Gasteiger partial charge in [0.25, 0.3) is 0 Å². The van der Waals surface area contributed by atoms with Crippen molar-refractivity contribution in [3.8, 4) is 11.4 Å². The predicted molar refractivity (Wildman–Crippen MR) is 101 cm³/mol. The molecule has 0 unspecified atom stereocenters. The van der Waals surface area contributed by atoms with Crippen LogP contribution in [0.4, 0.5) is 0 Å². The second-order valence-corrected chi connectivity index (χ2v) is 8.78. The van der Waals surface area contributed by atoms with Crippen LogP contribution in [0.1, 0.15) is 35.4 Å². The van der Waals surface area contributed by atoms with Crippen molar-refractivity contribution in [2.75, 3.05) is 20.2 Å². The molecule has 3 rings (SSSR count). The van der Waals surface area contributed by atoms with Crippen LogP contribution in [0.15, 0.2) is 16.7 Å². The van der Waals surface area contributed by atoms with E-state index in [9.17, 15) is 8.42 Å². The van der Waals surface area contributed by atoms with Crippen molar-refractivity contribution < 1.29 is 17.8 Å². The van der Waals surface area contributed by atoms with Crippen LogP contribution in [0.3, 0.4) is 0 Å². The third-order valence-corrected chi connectivity index (χ3v) is 5.75. The zero-order valence-electron chi connectivity index (χ0n) is 15.9. The second-order valence-electron chi connectivity index (χ2n) is 7.17. The van der Waals surface area contributed by atoms with Gasteiger partial charge in [0, 0.05) is 25.1 Å². The van der Waals surface area contributed by atoms with Crippen LogP contribution in [-0.2, 0) is 27.0 Å². The molecule has 0 radical (unpaired) electrons. The number of benzene rings is 1. The third kappa shape index (κ3) is 5.13. The summed E-state index contributed by atoms with van der Waals surface area (Å²) in [6.07, 6.45) is 2.82. The van der Waals surface area contributed by atoms with Crippen molar-refractivity contribution in [3.05, 3.63) is 34.7 Å². The van der Waals surface area contributed by atoms with Crippen molar-refractivity contribution in [2.45, 2.75) is 38.9 Å². The Morgan fingerprint density at radius 3 is 2.44 bits per heavy atom. The maximum absolute atomic E-state index is 11.4. The Morgan fingerprint density at radius 1 is 1.26 bits per heavy atom. The van der Waals surface area contributed by atoms with Gasteiger partial charge in [-0.25, -0.2) is 13.6 Å². The molecule has 0 saturated carbocycles. The second kappa shape index (κ2) is 8.05. The number of nitrogens with two attached hydrogens (primary N) is 1. The number of piperidine rings is 1. The van der Waals surface area contributed by atoms with Gasteiger partial charge in [0.2, 0.25) is 21.7 Å². The Balaban J connectivity index is 1.73. The fourth-order valence-electron chi connectivity index (χ4n) is 3.55. The minimum absolute atomic E-state index is 0.178. The summed E-state index contributed by atoms with van der Waals surface area (Å²) in [5.74, 6) is 1.48. The third-order valence-electron chi connectivity index (χ3n) is 5.06. The molecule has 0 spiro atoms. The molecule has 0 atom stereocenters. The lowest BCUT2D eigenvalue weighted by atomic mass is 9.94. The molecule has 1 aliphatic heterocycles. The summed E-state index contributed by atoms with van der Waals surface area (Å²) >= 11 is 0. The van der Waals surface area contributed by atoms with E-state index < -0.39 is 10.0 Å². The average Bonchev–Trinajstić information content (AvgIpc) is 3.06. The zero-order valence-corrected chi connectivity index (χ0v) is 16.8. The standard InChI is InChI=1S/C18H26N4O4S/c1-12-8-15(9-13(2)16(12)11-27(19,23)24)18-20-17(26-21-18)10-14-4-6-22(25-3)7-5-14/h8-9,14H,4-7,10-11H2,1-3H3,(H2,19,23,24). The Hall–Kier alpha value is -1.81. The number of primary sulfonamides is 1. The van der Waals surface area contributed by atoms with E-state index in [1.54, 1.807) is 7.11 Å². The van der Waals surface area contributed by atoms with Crippen LogP contribution >= 0.6 is 0 Å². The van der Waals surface area contributed by atoms with Gasteiger partial charge in [-0.05, 0) is 61.4 Å². The Kier molecular flexibility index (Phi) is 5.95. The molecule has 1 fully saturated rings. The number of hydrogen-bond acceptors (Lipinski definition) is 7. The number of rotatable bonds is 6. The SMILES string of the molecule is CON1CCC(Cc2nc(-c3cc(C)c(CS(N)(=O)=O)c(C)c3)no2)CC1. The molecule has 0 aliphatic carbocycles. The lowest BCUT2D eigenvalue weighted by Gasteiger charge is -2.29. The molecule has 2 heterocycles. The van der Waals surface area contributed by atoms with E-state index in [1.807, 2.05) is 31.0 Å². The number of nitrogens with zero attached hydrogens (tertiary/aromatic N) is 3. The van der Waals surface area contributed by atoms with E-state index in [-0.39, 0.29) is 5.75 Å². The van der Waals surface area contributed by atoms with Gasteiger partial charge in [-0.1, -0.05) is 5.16 Å². The van der Waals surface area contributed by atoms with E-state index in [0.29, 0.717) is 17.6 Å². The van der Waals surface area contributed by atoms with Crippen molar-refractivity contribution in [3.63, 3.8) is 0 Å². The fraction of sp³-hybridized carbons (Fsp3) is 0.556. The van der Waals surface area contributed by atoms with Gasteiger partial charge in [-0.2, -0.15) is 10.0 Å². The maximum atomic E-state index is 11.4. The largest absolute Gasteiger partial charge is 0.339 e. The molecule has 2 aromatic rings. The average molecular weight is 394 g/mol. The summed E-state index contributed by atoms with van der Waals surface area (Å²) in [6, 6.07) is 3.75. The van der Waals surface area contributed by atoms with Gasteiger partial charge in [-0.3, -0.25) is 0 Å². The summed E-state index contributed by atoms with van der Waals surface area (Å²) in [5, 5.41) is 11.3. The zero-order chi connectivity index (χ0) is 19.6. The highest BCUT2D eigenvalue weighted by molar-refractivity contribution is 7.88. The van der Waals surface area contributed by atoms with Gasteiger partial charge in [0.1, 0.15) is 0 Å². The van der Waals surface area contributed by atoms with E-state index in [2.05, 4.69) is 10.1 Å². The first-order chi connectivity index (χ1) is 12.7. The molecule has 8 nitrogen and oxygen atoms in total. The van der Waals surface area contributed by atoms with Crippen LogP contribution < -0.4 is 5.14 Å². The molecule has 27 heavy (non-hydrogen) atoms. The van der Waals surface area contributed by atoms with Crippen molar-refractivity contribution in [1.82, 2.24) is 15.2 Å². The monoisotopic (exact) mass is 394 g/mol. The first kappa shape index (κ1) is 19.9. The van der Waals surface area contributed by atoms with Crippen molar-refractivity contribution in [1.29, 1.82) is 0 Å². The molecule has 1 aromatic carbocycles. The Morgan fingerprint density at radius 2 is 1.89 bits per heavy atom. The van der Waals surface area contributed by atoms with Gasteiger partial charge >= 0.3 is 0 Å². The van der Waals surface area contributed by atoms with Gasteiger partial charge in [0.15, 0.2) is 0 Å². The maximum Gasteiger partial charge on any atom is 0.227 e. The first-order valence-electron chi connectivity index (χ1n) is 8.98. The van der Waals surface area contributed by atoms with Crippen molar-refractivity contribution in [2.24, 2.45) is 11.1 Å². The molecule has 0 bridgehead atoms. The lowest BCUT2D eigenvalue weighted by Crippen LogP contribution is -2.33. The van der Waals surface area contributed by atoms with Crippen LogP contribution in [0.2, 0.25) is 0 Å². The summed E-state index contributed by atoms with van der Waals surface area (Å²) < 4.78 is 28.3. The van der Waals surface area contributed by atoms with E-state index in [4.69, 9.17) is 14.5 Å². The highest BCUT2D eigenvalue weighted by Crippen LogP contribution is 2.26. The number of hydrogen-bond donors (Lipinski definition) is 1. The predicted octanol–water partition coefficient (Wildman–Crippen LogP) is 1.96. The topological polar surface area (TPSA) is 112 Å². The number of aromatic nitrogens is 2. The molecular formula is C18H26N4O4S. The molecule has 9 heteroatoms. The number of hydroxylamine groups is 2. The van der Waals surface area contributed by atoms with E-state index >= 15 is 0 Å². The quantitative estimate of drug-likeness (QED) is 0.797. The normalized spacial score (nSPS) is 16.7. The van der Waals surface area contributed by atoms with Crippen LogP contribution in [0.25, 0.3) is 11.4 Å². The molecule has 148 valence electrons. The number of aryl methyl sites for hydroxylation is 2. The van der Waals surface area contributed by atoms with Crippen molar-refractivity contribution >= 4 is 10.0 Å². The smallest absolute Gasteiger partial charge is 0.227 e. The van der Waals surface area contributed by atoms with Gasteiger partial charge < -0.3 is 9.36 Å². The van der Waals surface area contributed by atoms with E-state index in [0.717, 1.165) is 54.6 Å². The number of sulfonamides is 1. The minimum atomic E-state index is -3.58.